The van der Waals surface area contributed by atoms with Crippen molar-refractivity contribution in [2.24, 2.45) is 0 Å². The van der Waals surface area contributed by atoms with Crippen molar-refractivity contribution in [2.75, 3.05) is 6.61 Å². The maximum absolute atomic E-state index is 11.9. The number of hydrogen-bond donors (Lipinski definition) is 0. The molecule has 0 aliphatic rings. The van der Waals surface area contributed by atoms with Crippen molar-refractivity contribution in [3.05, 3.63) is 12.8 Å². The summed E-state index contributed by atoms with van der Waals surface area (Å²) in [5.41, 5.74) is 0. The van der Waals surface area contributed by atoms with Crippen molar-refractivity contribution < 1.29 is 13.5 Å². The standard InChI is InChI=1S/C6H10F2O/c1-3-9-5-4-6(2,7)8/h3H,1,4-5H2,2H3. The van der Waals surface area contributed by atoms with E-state index < -0.39 is 5.92 Å². The van der Waals surface area contributed by atoms with Gasteiger partial charge in [-0.25, -0.2) is 8.78 Å². The summed E-state index contributed by atoms with van der Waals surface area (Å²) in [6.07, 6.45) is 0.908. The lowest BCUT2D eigenvalue weighted by Gasteiger charge is -2.07. The van der Waals surface area contributed by atoms with Gasteiger partial charge in [-0.2, -0.15) is 0 Å². The maximum Gasteiger partial charge on any atom is 0.248 e. The van der Waals surface area contributed by atoms with Gasteiger partial charge in [-0.3, -0.25) is 0 Å². The lowest BCUT2D eigenvalue weighted by atomic mass is 10.3. The summed E-state index contributed by atoms with van der Waals surface area (Å²) in [6.45, 7) is 4.11. The van der Waals surface area contributed by atoms with Gasteiger partial charge in [0.1, 0.15) is 0 Å². The van der Waals surface area contributed by atoms with Crippen LogP contribution in [0.3, 0.4) is 0 Å². The fraction of sp³-hybridized carbons (Fsp3) is 0.667. The van der Waals surface area contributed by atoms with Crippen molar-refractivity contribution >= 4 is 0 Å². The van der Waals surface area contributed by atoms with Crippen LogP contribution in [0.1, 0.15) is 13.3 Å². The molecule has 54 valence electrons. The van der Waals surface area contributed by atoms with Crippen LogP contribution in [0.15, 0.2) is 12.8 Å². The van der Waals surface area contributed by atoms with Crippen LogP contribution in [-0.2, 0) is 4.74 Å². The van der Waals surface area contributed by atoms with Gasteiger partial charge in [0, 0.05) is 6.42 Å². The molecule has 9 heavy (non-hydrogen) atoms. The van der Waals surface area contributed by atoms with Crippen LogP contribution in [0.4, 0.5) is 8.78 Å². The summed E-state index contributed by atoms with van der Waals surface area (Å²) >= 11 is 0. The Labute approximate surface area is 53.3 Å². The Balaban J connectivity index is 3.17. The quantitative estimate of drug-likeness (QED) is 0.425. The zero-order valence-corrected chi connectivity index (χ0v) is 5.36. The molecule has 0 N–H and O–H groups in total. The zero-order valence-electron chi connectivity index (χ0n) is 5.36. The van der Waals surface area contributed by atoms with Crippen LogP contribution in [0.5, 0.6) is 0 Å². The molecule has 0 unspecified atom stereocenters. The van der Waals surface area contributed by atoms with Gasteiger partial charge < -0.3 is 4.74 Å². The van der Waals surface area contributed by atoms with Crippen molar-refractivity contribution in [3.63, 3.8) is 0 Å². The first-order valence-corrected chi connectivity index (χ1v) is 2.66. The number of ether oxygens (including phenoxy) is 1. The van der Waals surface area contributed by atoms with E-state index in [9.17, 15) is 8.78 Å². The van der Waals surface area contributed by atoms with Crippen LogP contribution < -0.4 is 0 Å². The molecule has 0 amide bonds. The van der Waals surface area contributed by atoms with Gasteiger partial charge in [-0.05, 0) is 6.92 Å². The summed E-state index contributed by atoms with van der Waals surface area (Å²) < 4.78 is 28.4. The fourth-order valence-electron chi connectivity index (χ4n) is 0.321. The third-order valence-electron chi connectivity index (χ3n) is 0.777. The minimum Gasteiger partial charge on any atom is -0.502 e. The number of alkyl halides is 2. The monoisotopic (exact) mass is 136 g/mol. The minimum atomic E-state index is -2.62. The van der Waals surface area contributed by atoms with Gasteiger partial charge in [0.15, 0.2) is 0 Å². The molecule has 0 spiro atoms. The minimum absolute atomic E-state index is 0.0347. The molecule has 0 aromatic heterocycles. The molecule has 0 aliphatic heterocycles. The lowest BCUT2D eigenvalue weighted by molar-refractivity contribution is -0.00416. The Hall–Kier alpha value is -0.600. The Bertz CT molecular complexity index is 85.5. The zero-order chi connectivity index (χ0) is 7.33. The number of rotatable bonds is 4. The average molecular weight is 136 g/mol. The van der Waals surface area contributed by atoms with Gasteiger partial charge in [-0.15, -0.1) is 0 Å². The summed E-state index contributed by atoms with van der Waals surface area (Å²) in [4.78, 5) is 0. The lowest BCUT2D eigenvalue weighted by Crippen LogP contribution is -2.11. The normalized spacial score (nSPS) is 11.0. The summed E-state index contributed by atoms with van der Waals surface area (Å²) in [5.74, 6) is -2.62. The summed E-state index contributed by atoms with van der Waals surface area (Å²) in [5, 5.41) is 0. The predicted octanol–water partition coefficient (Wildman–Crippen LogP) is 2.19. The Morgan fingerprint density at radius 3 is 2.56 bits per heavy atom. The number of halogens is 2. The van der Waals surface area contributed by atoms with Gasteiger partial charge in [0.2, 0.25) is 5.92 Å². The third kappa shape index (κ3) is 7.40. The van der Waals surface area contributed by atoms with Crippen LogP contribution in [0.2, 0.25) is 0 Å². The first-order valence-electron chi connectivity index (χ1n) is 2.66. The van der Waals surface area contributed by atoms with Gasteiger partial charge in [0.05, 0.1) is 12.9 Å². The third-order valence-corrected chi connectivity index (χ3v) is 0.777. The molecule has 0 fully saturated rings. The Kier molecular flexibility index (Phi) is 3.20. The van der Waals surface area contributed by atoms with Crippen LogP contribution in [0.25, 0.3) is 0 Å². The van der Waals surface area contributed by atoms with Crippen LogP contribution in [-0.4, -0.2) is 12.5 Å². The van der Waals surface area contributed by atoms with E-state index in [1.54, 1.807) is 0 Å². The molecular weight excluding hydrogens is 126 g/mol. The maximum atomic E-state index is 11.9. The van der Waals surface area contributed by atoms with Crippen LogP contribution >= 0.6 is 0 Å². The highest BCUT2D eigenvalue weighted by atomic mass is 19.3. The molecule has 0 rings (SSSR count). The van der Waals surface area contributed by atoms with Gasteiger partial charge >= 0.3 is 0 Å². The van der Waals surface area contributed by atoms with Gasteiger partial charge in [-0.1, -0.05) is 6.58 Å². The highest BCUT2D eigenvalue weighted by Gasteiger charge is 2.19. The molecular formula is C6H10F2O. The van der Waals surface area contributed by atoms with E-state index in [1.807, 2.05) is 0 Å². The molecule has 0 aromatic rings. The summed E-state index contributed by atoms with van der Waals surface area (Å²) in [6, 6.07) is 0. The van der Waals surface area contributed by atoms with E-state index >= 15 is 0 Å². The van der Waals surface area contributed by atoms with Crippen molar-refractivity contribution in [3.8, 4) is 0 Å². The molecule has 0 bridgehead atoms. The highest BCUT2D eigenvalue weighted by Crippen LogP contribution is 2.15. The largest absolute Gasteiger partial charge is 0.502 e. The molecule has 0 heterocycles. The molecule has 1 nitrogen and oxygen atoms in total. The smallest absolute Gasteiger partial charge is 0.248 e. The van der Waals surface area contributed by atoms with E-state index in [0.717, 1.165) is 13.2 Å². The second-order valence-electron chi connectivity index (χ2n) is 1.86. The molecule has 0 saturated heterocycles. The molecule has 0 atom stereocenters. The van der Waals surface area contributed by atoms with Crippen molar-refractivity contribution in [2.45, 2.75) is 19.3 Å². The van der Waals surface area contributed by atoms with Crippen LogP contribution in [0, 0.1) is 0 Å². The van der Waals surface area contributed by atoms with E-state index in [1.165, 1.54) is 0 Å². The van der Waals surface area contributed by atoms with Gasteiger partial charge in [0.25, 0.3) is 0 Å². The summed E-state index contributed by atoms with van der Waals surface area (Å²) in [7, 11) is 0. The molecule has 0 aromatic carbocycles. The Morgan fingerprint density at radius 2 is 2.22 bits per heavy atom. The first-order chi connectivity index (χ1) is 4.06. The first kappa shape index (κ1) is 8.40. The molecule has 0 saturated carbocycles. The SMILES string of the molecule is C=COCCC(C)(F)F. The second-order valence-corrected chi connectivity index (χ2v) is 1.86. The fourth-order valence-corrected chi connectivity index (χ4v) is 0.321. The van der Waals surface area contributed by atoms with E-state index in [2.05, 4.69) is 11.3 Å². The van der Waals surface area contributed by atoms with Crippen molar-refractivity contribution in [1.29, 1.82) is 0 Å². The van der Waals surface area contributed by atoms with E-state index in [4.69, 9.17) is 0 Å². The number of hydrogen-bond acceptors (Lipinski definition) is 1. The molecule has 0 aliphatic carbocycles. The topological polar surface area (TPSA) is 9.23 Å². The highest BCUT2D eigenvalue weighted by molar-refractivity contribution is 4.58. The van der Waals surface area contributed by atoms with E-state index in [-0.39, 0.29) is 13.0 Å². The van der Waals surface area contributed by atoms with Crippen molar-refractivity contribution in [1.82, 2.24) is 0 Å². The molecule has 0 radical (unpaired) electrons. The molecule has 3 heteroatoms. The average Bonchev–Trinajstić information content (AvgIpc) is 1.63. The Morgan fingerprint density at radius 1 is 1.67 bits per heavy atom. The predicted molar refractivity (Wildman–Crippen MR) is 31.4 cm³/mol. The second kappa shape index (κ2) is 3.43. The van der Waals surface area contributed by atoms with E-state index in [0.29, 0.717) is 0 Å².